The molecule has 0 heterocycles. The smallest absolute Gasteiger partial charge is 0.182 e. The van der Waals surface area contributed by atoms with Crippen molar-refractivity contribution in [2.45, 2.75) is 19.9 Å². The Kier molecular flexibility index (Phi) is 3.25. The molecule has 76 valence electrons. The third-order valence-electron chi connectivity index (χ3n) is 2.03. The number of methoxy groups -OCH3 is 1. The standard InChI is InChI=1S/C11H15NO2/c1-7-4-5-10(14-3)9(6-7)11(13)8(2)12/h4-6,8H,12H2,1-3H3. The van der Waals surface area contributed by atoms with Crippen LogP contribution >= 0.6 is 0 Å². The molecule has 1 atom stereocenters. The number of ether oxygens (including phenoxy) is 1. The number of hydrogen-bond acceptors (Lipinski definition) is 3. The Labute approximate surface area is 83.9 Å². The highest BCUT2D eigenvalue weighted by atomic mass is 16.5. The van der Waals surface area contributed by atoms with Crippen LogP contribution in [-0.2, 0) is 0 Å². The highest BCUT2D eigenvalue weighted by Gasteiger charge is 2.15. The largest absolute Gasteiger partial charge is 0.496 e. The lowest BCUT2D eigenvalue weighted by Crippen LogP contribution is -2.27. The minimum Gasteiger partial charge on any atom is -0.496 e. The summed E-state index contributed by atoms with van der Waals surface area (Å²) in [6.07, 6.45) is 0. The van der Waals surface area contributed by atoms with Crippen LogP contribution in [0.2, 0.25) is 0 Å². The first-order valence-electron chi connectivity index (χ1n) is 4.50. The third-order valence-corrected chi connectivity index (χ3v) is 2.03. The first-order chi connectivity index (χ1) is 6.56. The molecule has 3 heteroatoms. The molecule has 0 saturated heterocycles. The fourth-order valence-corrected chi connectivity index (χ4v) is 1.26. The van der Waals surface area contributed by atoms with E-state index in [-0.39, 0.29) is 5.78 Å². The lowest BCUT2D eigenvalue weighted by molar-refractivity contribution is 0.0965. The Hall–Kier alpha value is -1.35. The molecule has 14 heavy (non-hydrogen) atoms. The van der Waals surface area contributed by atoms with E-state index in [0.717, 1.165) is 5.56 Å². The molecule has 0 aliphatic heterocycles. The van der Waals surface area contributed by atoms with Crippen molar-refractivity contribution in [3.8, 4) is 5.75 Å². The number of benzene rings is 1. The van der Waals surface area contributed by atoms with Crippen molar-refractivity contribution in [3.05, 3.63) is 29.3 Å². The van der Waals surface area contributed by atoms with Crippen molar-refractivity contribution in [2.75, 3.05) is 7.11 Å². The van der Waals surface area contributed by atoms with Crippen molar-refractivity contribution in [3.63, 3.8) is 0 Å². The zero-order valence-electron chi connectivity index (χ0n) is 8.70. The minimum absolute atomic E-state index is 0.0921. The lowest BCUT2D eigenvalue weighted by atomic mass is 10.0. The molecule has 0 aromatic heterocycles. The molecule has 0 bridgehead atoms. The SMILES string of the molecule is COc1ccc(C)cc1C(=O)C(C)N. The van der Waals surface area contributed by atoms with Gasteiger partial charge in [-0.1, -0.05) is 11.6 Å². The second-order valence-electron chi connectivity index (χ2n) is 3.36. The molecule has 0 fully saturated rings. The molecular weight excluding hydrogens is 178 g/mol. The summed E-state index contributed by atoms with van der Waals surface area (Å²) in [7, 11) is 1.54. The Morgan fingerprint density at radius 3 is 2.64 bits per heavy atom. The summed E-state index contributed by atoms with van der Waals surface area (Å²) in [4.78, 5) is 11.7. The first-order valence-corrected chi connectivity index (χ1v) is 4.50. The van der Waals surface area contributed by atoms with Crippen LogP contribution in [0.15, 0.2) is 18.2 Å². The predicted octanol–water partition coefficient (Wildman–Crippen LogP) is 1.53. The topological polar surface area (TPSA) is 52.3 Å². The number of hydrogen-bond donors (Lipinski definition) is 1. The van der Waals surface area contributed by atoms with Crippen LogP contribution in [0, 0.1) is 6.92 Å². The zero-order chi connectivity index (χ0) is 10.7. The average molecular weight is 193 g/mol. The van der Waals surface area contributed by atoms with Crippen molar-refractivity contribution >= 4 is 5.78 Å². The maximum absolute atomic E-state index is 11.7. The molecule has 0 aliphatic carbocycles. The molecule has 1 rings (SSSR count). The quantitative estimate of drug-likeness (QED) is 0.741. The van der Waals surface area contributed by atoms with Gasteiger partial charge in [0.1, 0.15) is 5.75 Å². The molecule has 2 N–H and O–H groups in total. The second-order valence-corrected chi connectivity index (χ2v) is 3.36. The van der Waals surface area contributed by atoms with E-state index in [9.17, 15) is 4.79 Å². The molecule has 3 nitrogen and oxygen atoms in total. The molecule has 0 spiro atoms. The Morgan fingerprint density at radius 1 is 1.50 bits per heavy atom. The monoisotopic (exact) mass is 193 g/mol. The number of aryl methyl sites for hydroxylation is 1. The molecule has 0 amide bonds. The fraction of sp³-hybridized carbons (Fsp3) is 0.364. The molecule has 0 aliphatic rings. The Bertz CT molecular complexity index is 345. The normalized spacial score (nSPS) is 12.3. The van der Waals surface area contributed by atoms with E-state index in [0.29, 0.717) is 11.3 Å². The summed E-state index contributed by atoms with van der Waals surface area (Å²) in [5.74, 6) is 0.489. The van der Waals surface area contributed by atoms with E-state index in [1.807, 2.05) is 13.0 Å². The van der Waals surface area contributed by atoms with E-state index < -0.39 is 6.04 Å². The van der Waals surface area contributed by atoms with Crippen LogP contribution in [-0.4, -0.2) is 18.9 Å². The highest BCUT2D eigenvalue weighted by Crippen LogP contribution is 2.20. The van der Waals surface area contributed by atoms with Gasteiger partial charge in [0.05, 0.1) is 18.7 Å². The number of Topliss-reactive ketones (excluding diaryl/α,β-unsaturated/α-hetero) is 1. The van der Waals surface area contributed by atoms with Crippen LogP contribution in [0.5, 0.6) is 5.75 Å². The second kappa shape index (κ2) is 4.24. The van der Waals surface area contributed by atoms with E-state index in [4.69, 9.17) is 10.5 Å². The van der Waals surface area contributed by atoms with Crippen LogP contribution in [0.1, 0.15) is 22.8 Å². The van der Waals surface area contributed by atoms with E-state index in [1.165, 1.54) is 0 Å². The van der Waals surface area contributed by atoms with Gasteiger partial charge in [0, 0.05) is 0 Å². The van der Waals surface area contributed by atoms with Gasteiger partial charge in [-0.05, 0) is 26.0 Å². The van der Waals surface area contributed by atoms with Crippen LogP contribution in [0.3, 0.4) is 0 Å². The van der Waals surface area contributed by atoms with Gasteiger partial charge in [0.2, 0.25) is 0 Å². The van der Waals surface area contributed by atoms with Crippen LogP contribution < -0.4 is 10.5 Å². The summed E-state index contributed by atoms with van der Waals surface area (Å²) in [6, 6.07) is 4.98. The van der Waals surface area contributed by atoms with Crippen molar-refractivity contribution in [2.24, 2.45) is 5.73 Å². The number of carbonyl (C=O) groups is 1. The minimum atomic E-state index is -0.495. The van der Waals surface area contributed by atoms with Gasteiger partial charge in [0.15, 0.2) is 5.78 Å². The van der Waals surface area contributed by atoms with Gasteiger partial charge in [0.25, 0.3) is 0 Å². The molecule has 0 saturated carbocycles. The fourth-order valence-electron chi connectivity index (χ4n) is 1.26. The summed E-state index contributed by atoms with van der Waals surface area (Å²) in [5, 5.41) is 0. The highest BCUT2D eigenvalue weighted by molar-refractivity contribution is 6.02. The maximum Gasteiger partial charge on any atom is 0.182 e. The molecule has 0 radical (unpaired) electrons. The van der Waals surface area contributed by atoms with Crippen LogP contribution in [0.4, 0.5) is 0 Å². The molecular formula is C11H15NO2. The van der Waals surface area contributed by atoms with Gasteiger partial charge in [-0.3, -0.25) is 4.79 Å². The predicted molar refractivity (Wildman–Crippen MR) is 55.7 cm³/mol. The van der Waals surface area contributed by atoms with Gasteiger partial charge in [-0.15, -0.1) is 0 Å². The lowest BCUT2D eigenvalue weighted by Gasteiger charge is -2.10. The summed E-state index contributed by atoms with van der Waals surface area (Å²) in [6.45, 7) is 3.60. The van der Waals surface area contributed by atoms with Crippen molar-refractivity contribution in [1.82, 2.24) is 0 Å². The van der Waals surface area contributed by atoms with Gasteiger partial charge >= 0.3 is 0 Å². The number of nitrogens with two attached hydrogens (primary N) is 1. The van der Waals surface area contributed by atoms with E-state index >= 15 is 0 Å². The molecule has 1 aromatic rings. The summed E-state index contributed by atoms with van der Waals surface area (Å²) in [5.41, 5.74) is 7.12. The number of carbonyl (C=O) groups excluding carboxylic acids is 1. The average Bonchev–Trinajstić information content (AvgIpc) is 2.16. The Balaban J connectivity index is 3.17. The number of rotatable bonds is 3. The summed E-state index contributed by atoms with van der Waals surface area (Å²) < 4.78 is 5.10. The number of ketones is 1. The Morgan fingerprint density at radius 2 is 2.14 bits per heavy atom. The first kappa shape index (κ1) is 10.7. The van der Waals surface area contributed by atoms with E-state index in [1.54, 1.807) is 26.2 Å². The van der Waals surface area contributed by atoms with E-state index in [2.05, 4.69) is 0 Å². The van der Waals surface area contributed by atoms with Gasteiger partial charge in [-0.25, -0.2) is 0 Å². The zero-order valence-corrected chi connectivity index (χ0v) is 8.70. The maximum atomic E-state index is 11.7. The van der Waals surface area contributed by atoms with Gasteiger partial charge in [-0.2, -0.15) is 0 Å². The molecule has 1 aromatic carbocycles. The van der Waals surface area contributed by atoms with Gasteiger partial charge < -0.3 is 10.5 Å². The third kappa shape index (κ3) is 2.12. The van der Waals surface area contributed by atoms with Crippen LogP contribution in [0.25, 0.3) is 0 Å². The molecule has 1 unspecified atom stereocenters. The van der Waals surface area contributed by atoms with Crippen molar-refractivity contribution < 1.29 is 9.53 Å². The summed E-state index contributed by atoms with van der Waals surface area (Å²) >= 11 is 0. The van der Waals surface area contributed by atoms with Crippen molar-refractivity contribution in [1.29, 1.82) is 0 Å².